The van der Waals surface area contributed by atoms with Crippen LogP contribution in [0.3, 0.4) is 0 Å². The van der Waals surface area contributed by atoms with Crippen molar-refractivity contribution in [1.82, 2.24) is 19.9 Å². The molecular weight excluding hydrogens is 390 g/mol. The van der Waals surface area contributed by atoms with E-state index < -0.39 is 5.41 Å². The highest BCUT2D eigenvalue weighted by Gasteiger charge is 2.26. The van der Waals surface area contributed by atoms with Gasteiger partial charge in [-0.3, -0.25) is 14.5 Å². The quantitative estimate of drug-likeness (QED) is 0.781. The molecule has 7 nitrogen and oxygen atoms in total. The number of pyridine rings is 1. The monoisotopic (exact) mass is 423 g/mol. The molecule has 0 unspecified atom stereocenters. The molecule has 2 aliphatic rings. The lowest BCUT2D eigenvalue weighted by Crippen LogP contribution is -2.36. The number of carbonyl (C=O) groups is 1. The molecule has 166 valence electrons. The number of fused-ring (bicyclic) bond motifs is 1. The van der Waals surface area contributed by atoms with Gasteiger partial charge in [0.15, 0.2) is 0 Å². The standard InChI is InChI=1S/C24H33N5O2/c1-24(2,3)23(31)28-20-17(10-7-12-25-20)14-29-13-11-19-18(15-29)22(30)27-21(26-19)16-8-5-4-6-9-16/h7,10,12,16H,4-6,8-9,11,13-15H2,1-3H3,(H,25,28,31)(H,26,27,30). The van der Waals surface area contributed by atoms with Crippen LogP contribution < -0.4 is 10.9 Å². The number of hydrogen-bond donors (Lipinski definition) is 2. The molecule has 0 atom stereocenters. The molecule has 0 radical (unpaired) electrons. The lowest BCUT2D eigenvalue weighted by atomic mass is 9.88. The van der Waals surface area contributed by atoms with Gasteiger partial charge in [0.1, 0.15) is 11.6 Å². The molecule has 4 rings (SSSR count). The number of rotatable bonds is 4. The van der Waals surface area contributed by atoms with Gasteiger partial charge in [0.05, 0.1) is 11.3 Å². The summed E-state index contributed by atoms with van der Waals surface area (Å²) in [5.41, 5.74) is 2.19. The summed E-state index contributed by atoms with van der Waals surface area (Å²) in [6, 6.07) is 3.86. The van der Waals surface area contributed by atoms with Gasteiger partial charge in [-0.15, -0.1) is 0 Å². The van der Waals surface area contributed by atoms with Gasteiger partial charge in [0.2, 0.25) is 5.91 Å². The number of H-pyrrole nitrogens is 1. The number of aromatic amines is 1. The van der Waals surface area contributed by atoms with Crippen molar-refractivity contribution in [2.24, 2.45) is 5.41 Å². The van der Waals surface area contributed by atoms with Gasteiger partial charge in [-0.25, -0.2) is 9.97 Å². The highest BCUT2D eigenvalue weighted by atomic mass is 16.2. The van der Waals surface area contributed by atoms with E-state index in [1.807, 2.05) is 32.9 Å². The van der Waals surface area contributed by atoms with E-state index in [2.05, 4.69) is 20.2 Å². The van der Waals surface area contributed by atoms with Crippen LogP contribution in [-0.4, -0.2) is 32.3 Å². The molecule has 7 heteroatoms. The Morgan fingerprint density at radius 2 is 2.03 bits per heavy atom. The van der Waals surface area contributed by atoms with E-state index in [0.717, 1.165) is 48.5 Å². The van der Waals surface area contributed by atoms with Crippen molar-refractivity contribution in [3.63, 3.8) is 0 Å². The Morgan fingerprint density at radius 3 is 2.77 bits per heavy atom. The van der Waals surface area contributed by atoms with E-state index in [4.69, 9.17) is 4.98 Å². The number of carbonyl (C=O) groups excluding carboxylic acids is 1. The second kappa shape index (κ2) is 8.91. The van der Waals surface area contributed by atoms with Crippen molar-refractivity contribution in [3.05, 3.63) is 51.3 Å². The average Bonchev–Trinajstić information content (AvgIpc) is 2.75. The molecule has 31 heavy (non-hydrogen) atoms. The van der Waals surface area contributed by atoms with E-state index in [9.17, 15) is 9.59 Å². The summed E-state index contributed by atoms with van der Waals surface area (Å²) in [6.07, 6.45) is 8.43. The van der Waals surface area contributed by atoms with Crippen LogP contribution in [0.4, 0.5) is 5.82 Å². The summed E-state index contributed by atoms with van der Waals surface area (Å²) in [6.45, 7) is 7.66. The number of aromatic nitrogens is 3. The van der Waals surface area contributed by atoms with E-state index in [-0.39, 0.29) is 11.5 Å². The van der Waals surface area contributed by atoms with Crippen LogP contribution in [0.2, 0.25) is 0 Å². The molecule has 0 bridgehead atoms. The van der Waals surface area contributed by atoms with Crippen molar-refractivity contribution in [3.8, 4) is 0 Å². The first-order chi connectivity index (χ1) is 14.8. The molecule has 1 saturated carbocycles. The minimum absolute atomic E-state index is 0.00252. The Labute approximate surface area is 183 Å². The van der Waals surface area contributed by atoms with E-state index in [1.54, 1.807) is 6.20 Å². The topological polar surface area (TPSA) is 91.0 Å². The first-order valence-corrected chi connectivity index (χ1v) is 11.4. The molecular formula is C24H33N5O2. The fourth-order valence-electron chi connectivity index (χ4n) is 4.42. The van der Waals surface area contributed by atoms with E-state index in [1.165, 1.54) is 19.3 Å². The van der Waals surface area contributed by atoms with Crippen LogP contribution in [-0.2, 0) is 24.3 Å². The van der Waals surface area contributed by atoms with Crippen molar-refractivity contribution >= 4 is 11.7 Å². The Balaban J connectivity index is 1.49. The molecule has 2 aromatic rings. The Kier molecular flexibility index (Phi) is 6.23. The largest absolute Gasteiger partial charge is 0.310 e. The van der Waals surface area contributed by atoms with Crippen molar-refractivity contribution in [2.45, 2.75) is 78.3 Å². The molecule has 0 aromatic carbocycles. The molecule has 0 saturated heterocycles. The Hall–Kier alpha value is -2.54. The Bertz CT molecular complexity index is 1000. The summed E-state index contributed by atoms with van der Waals surface area (Å²) in [7, 11) is 0. The van der Waals surface area contributed by atoms with Gasteiger partial charge in [-0.2, -0.15) is 0 Å². The predicted octanol–water partition coefficient (Wildman–Crippen LogP) is 3.76. The van der Waals surface area contributed by atoms with Crippen molar-refractivity contribution in [1.29, 1.82) is 0 Å². The smallest absolute Gasteiger partial charge is 0.255 e. The van der Waals surface area contributed by atoms with Gasteiger partial charge in [-0.05, 0) is 18.9 Å². The molecule has 0 spiro atoms. The number of nitrogens with zero attached hydrogens (tertiary/aromatic N) is 3. The van der Waals surface area contributed by atoms with Crippen LogP contribution in [0.1, 0.15) is 81.4 Å². The Morgan fingerprint density at radius 1 is 1.26 bits per heavy atom. The highest BCUT2D eigenvalue weighted by Crippen LogP contribution is 2.31. The maximum Gasteiger partial charge on any atom is 0.255 e. The molecule has 1 aliphatic carbocycles. The van der Waals surface area contributed by atoms with Crippen LogP contribution in [0.5, 0.6) is 0 Å². The van der Waals surface area contributed by atoms with Gasteiger partial charge < -0.3 is 10.3 Å². The normalized spacial score (nSPS) is 17.9. The molecule has 2 aromatic heterocycles. The zero-order valence-corrected chi connectivity index (χ0v) is 18.8. The summed E-state index contributed by atoms with van der Waals surface area (Å²) >= 11 is 0. The van der Waals surface area contributed by atoms with Crippen LogP contribution >= 0.6 is 0 Å². The molecule has 1 aliphatic heterocycles. The van der Waals surface area contributed by atoms with E-state index in [0.29, 0.717) is 24.8 Å². The van der Waals surface area contributed by atoms with E-state index >= 15 is 0 Å². The fourth-order valence-corrected chi connectivity index (χ4v) is 4.42. The van der Waals surface area contributed by atoms with Crippen molar-refractivity contribution in [2.75, 3.05) is 11.9 Å². The predicted molar refractivity (Wildman–Crippen MR) is 121 cm³/mol. The first-order valence-electron chi connectivity index (χ1n) is 11.4. The summed E-state index contributed by atoms with van der Waals surface area (Å²) in [5.74, 6) is 1.81. The third kappa shape index (κ3) is 5.03. The maximum atomic E-state index is 12.9. The van der Waals surface area contributed by atoms with Gasteiger partial charge in [-0.1, -0.05) is 46.1 Å². The first kappa shape index (κ1) is 21.7. The number of anilines is 1. The van der Waals surface area contributed by atoms with Crippen LogP contribution in [0, 0.1) is 5.41 Å². The second-order valence-electron chi connectivity index (χ2n) is 9.89. The number of hydrogen-bond acceptors (Lipinski definition) is 5. The number of amides is 1. The minimum Gasteiger partial charge on any atom is -0.310 e. The average molecular weight is 424 g/mol. The second-order valence-corrected chi connectivity index (χ2v) is 9.89. The van der Waals surface area contributed by atoms with Crippen molar-refractivity contribution < 1.29 is 4.79 Å². The lowest BCUT2D eigenvalue weighted by Gasteiger charge is -2.29. The highest BCUT2D eigenvalue weighted by molar-refractivity contribution is 5.94. The lowest BCUT2D eigenvalue weighted by molar-refractivity contribution is -0.123. The zero-order valence-electron chi connectivity index (χ0n) is 18.8. The van der Waals surface area contributed by atoms with Crippen LogP contribution in [0.25, 0.3) is 0 Å². The van der Waals surface area contributed by atoms with Gasteiger partial charge in [0, 0.05) is 49.1 Å². The zero-order chi connectivity index (χ0) is 22.0. The number of nitrogens with one attached hydrogen (secondary N) is 2. The van der Waals surface area contributed by atoms with Gasteiger partial charge >= 0.3 is 0 Å². The minimum atomic E-state index is -0.492. The summed E-state index contributed by atoms with van der Waals surface area (Å²) in [5, 5.41) is 2.96. The summed E-state index contributed by atoms with van der Waals surface area (Å²) < 4.78 is 0. The van der Waals surface area contributed by atoms with Gasteiger partial charge in [0.25, 0.3) is 5.56 Å². The molecule has 2 N–H and O–H groups in total. The SMILES string of the molecule is CC(C)(C)C(=O)Nc1ncccc1CN1CCc2nc(C3CCCCC3)[nH]c(=O)c2C1. The summed E-state index contributed by atoms with van der Waals surface area (Å²) in [4.78, 5) is 39.8. The van der Waals surface area contributed by atoms with Crippen LogP contribution in [0.15, 0.2) is 23.1 Å². The maximum absolute atomic E-state index is 12.9. The fraction of sp³-hybridized carbons (Fsp3) is 0.583. The third-order valence-electron chi connectivity index (χ3n) is 6.36. The molecule has 1 fully saturated rings. The molecule has 3 heterocycles. The third-order valence-corrected chi connectivity index (χ3v) is 6.36. The molecule has 1 amide bonds.